The Morgan fingerprint density at radius 1 is 1.11 bits per heavy atom. The maximum Gasteiger partial charge on any atom is 0.254 e. The molecule has 7 nitrogen and oxygen atoms in total. The topological polar surface area (TPSA) is 101 Å². The predicted molar refractivity (Wildman–Crippen MR) is 140 cm³/mol. The Balaban J connectivity index is 0.00000324. The van der Waals surface area contributed by atoms with E-state index >= 15 is 4.39 Å². The summed E-state index contributed by atoms with van der Waals surface area (Å²) in [4.78, 5) is 15.1. The fourth-order valence-corrected chi connectivity index (χ4v) is 3.91. The second-order valence-corrected chi connectivity index (χ2v) is 8.19. The third-order valence-electron chi connectivity index (χ3n) is 5.77. The molecular weight excluding hydrogens is 513 g/mol. The first-order chi connectivity index (χ1) is 16.4. The highest BCUT2D eigenvalue weighted by molar-refractivity contribution is 5.94. The van der Waals surface area contributed by atoms with Crippen molar-refractivity contribution in [3.63, 3.8) is 0 Å². The normalized spacial score (nSPS) is 14.2. The molecule has 1 amide bonds. The predicted octanol–water partition coefficient (Wildman–Crippen LogP) is 4.35. The smallest absolute Gasteiger partial charge is 0.254 e. The molecule has 1 aliphatic rings. The highest BCUT2D eigenvalue weighted by Gasteiger charge is 2.29. The van der Waals surface area contributed by atoms with E-state index < -0.39 is 29.2 Å². The Morgan fingerprint density at radius 2 is 1.78 bits per heavy atom. The van der Waals surface area contributed by atoms with Crippen LogP contribution < -0.4 is 15.8 Å². The molecule has 200 valence electrons. The Morgan fingerprint density at radius 3 is 2.39 bits per heavy atom. The highest BCUT2D eigenvalue weighted by Crippen LogP contribution is 2.30. The summed E-state index contributed by atoms with van der Waals surface area (Å²) in [6, 6.07) is 9.08. The van der Waals surface area contributed by atoms with Crippen LogP contribution in [-0.4, -0.2) is 49.5 Å². The van der Waals surface area contributed by atoms with E-state index in [1.54, 1.807) is 31.2 Å². The number of carbonyl (C=O) groups excluding carboxylic acids is 1. The van der Waals surface area contributed by atoms with E-state index in [1.165, 1.54) is 12.5 Å². The van der Waals surface area contributed by atoms with Crippen LogP contribution in [0.5, 0.6) is 5.75 Å². The molecule has 0 radical (unpaired) electrons. The highest BCUT2D eigenvalue weighted by atomic mass is 35.5. The zero-order valence-corrected chi connectivity index (χ0v) is 21.9. The first-order valence-electron chi connectivity index (χ1n) is 11.6. The van der Waals surface area contributed by atoms with Crippen LogP contribution in [0.1, 0.15) is 49.0 Å². The molecule has 4 N–H and O–H groups in total. The van der Waals surface area contributed by atoms with Crippen molar-refractivity contribution in [2.45, 2.75) is 38.8 Å². The van der Waals surface area contributed by atoms with Crippen LogP contribution in [0.3, 0.4) is 0 Å². The number of halogens is 4. The van der Waals surface area contributed by atoms with Gasteiger partial charge in [0.05, 0.1) is 5.56 Å². The van der Waals surface area contributed by atoms with Gasteiger partial charge in [0.15, 0.2) is 17.7 Å². The average Bonchev–Trinajstić information content (AvgIpc) is 2.84. The molecule has 0 aliphatic carbocycles. The third kappa shape index (κ3) is 8.58. The lowest BCUT2D eigenvalue weighted by Gasteiger charge is -2.26. The number of ether oxygens (including phenoxy) is 2. The van der Waals surface area contributed by atoms with Crippen molar-refractivity contribution < 1.29 is 23.0 Å². The second-order valence-electron chi connectivity index (χ2n) is 8.19. The average molecular weight is 547 g/mol. The minimum atomic E-state index is -1.47. The zero-order chi connectivity index (χ0) is 24.5. The van der Waals surface area contributed by atoms with E-state index in [-0.39, 0.29) is 56.2 Å². The lowest BCUT2D eigenvalue weighted by molar-refractivity contribution is -0.133. The summed E-state index contributed by atoms with van der Waals surface area (Å²) in [6.07, 6.45) is 2.03. The van der Waals surface area contributed by atoms with Crippen LogP contribution in [0, 0.1) is 17.0 Å². The molecule has 1 aliphatic heterocycles. The van der Waals surface area contributed by atoms with Gasteiger partial charge in [-0.3, -0.25) is 15.1 Å². The van der Waals surface area contributed by atoms with E-state index in [9.17, 15) is 9.18 Å². The summed E-state index contributed by atoms with van der Waals surface area (Å²) >= 11 is 0. The van der Waals surface area contributed by atoms with Crippen LogP contribution >= 0.6 is 24.8 Å². The van der Waals surface area contributed by atoms with Crippen LogP contribution in [0.2, 0.25) is 0 Å². The van der Waals surface area contributed by atoms with Gasteiger partial charge < -0.3 is 20.5 Å². The number of amidine groups is 1. The van der Waals surface area contributed by atoms with Gasteiger partial charge in [0, 0.05) is 25.3 Å². The number of nitrogens with two attached hydrogens (primary N) is 1. The molecule has 11 heteroatoms. The van der Waals surface area contributed by atoms with Gasteiger partial charge in [-0.05, 0) is 50.6 Å². The molecular formula is C25H34Cl2F2N4O3. The molecule has 36 heavy (non-hydrogen) atoms. The van der Waals surface area contributed by atoms with Crippen molar-refractivity contribution in [1.29, 1.82) is 5.41 Å². The first kappa shape index (κ1) is 31.6. The number of nitrogens with one attached hydrogen (secondary N) is 2. The summed E-state index contributed by atoms with van der Waals surface area (Å²) in [6.45, 7) is 4.76. The van der Waals surface area contributed by atoms with Gasteiger partial charge in [0.25, 0.3) is 5.91 Å². The fraction of sp³-hybridized carbons (Fsp3) is 0.440. The number of hydrogen-bond donors (Lipinski definition) is 3. The number of amides is 1. The molecule has 1 unspecified atom stereocenters. The summed E-state index contributed by atoms with van der Waals surface area (Å²) in [5.41, 5.74) is 6.27. The summed E-state index contributed by atoms with van der Waals surface area (Å²) in [5, 5.41) is 10.1. The minimum absolute atomic E-state index is 0. The van der Waals surface area contributed by atoms with Gasteiger partial charge in [0.1, 0.15) is 18.3 Å². The standard InChI is InChI=1S/C25H32F2N4O3.2ClH/c1-2-33-23(25(32)30-16-17-6-8-18(9-7-17)24(28)29)21-19(26)10-11-20(22(21)27)34-15-14-31-12-4-3-5-13-31;;/h6-11,23H,2-5,12-16H2,1H3,(H3,28,29)(H,30,32);2*1H. The lowest BCUT2D eigenvalue weighted by atomic mass is 10.1. The number of carbonyl (C=O) groups is 1. The summed E-state index contributed by atoms with van der Waals surface area (Å²) < 4.78 is 41.0. The molecule has 3 rings (SSSR count). The van der Waals surface area contributed by atoms with Gasteiger partial charge in [-0.25, -0.2) is 8.78 Å². The quantitative estimate of drug-likeness (QED) is 0.287. The molecule has 1 fully saturated rings. The van der Waals surface area contributed by atoms with E-state index in [4.69, 9.17) is 20.6 Å². The van der Waals surface area contributed by atoms with Crippen molar-refractivity contribution in [1.82, 2.24) is 10.2 Å². The summed E-state index contributed by atoms with van der Waals surface area (Å²) in [5.74, 6) is -2.64. The number of rotatable bonds is 11. The van der Waals surface area contributed by atoms with Gasteiger partial charge >= 0.3 is 0 Å². The molecule has 1 atom stereocenters. The number of likely N-dealkylation sites (tertiary alicyclic amines) is 1. The monoisotopic (exact) mass is 546 g/mol. The largest absolute Gasteiger partial charge is 0.489 e. The molecule has 2 aromatic rings. The van der Waals surface area contributed by atoms with Gasteiger partial charge in [-0.1, -0.05) is 30.7 Å². The van der Waals surface area contributed by atoms with E-state index in [1.807, 2.05) is 0 Å². The molecule has 1 saturated heterocycles. The minimum Gasteiger partial charge on any atom is -0.489 e. The Hall–Kier alpha value is -2.46. The molecule has 0 bridgehead atoms. The number of benzene rings is 2. The van der Waals surface area contributed by atoms with Crippen molar-refractivity contribution in [3.05, 3.63) is 64.7 Å². The molecule has 2 aromatic carbocycles. The van der Waals surface area contributed by atoms with Crippen LogP contribution in [0.15, 0.2) is 36.4 Å². The first-order valence-corrected chi connectivity index (χ1v) is 11.6. The summed E-state index contributed by atoms with van der Waals surface area (Å²) in [7, 11) is 0. The van der Waals surface area contributed by atoms with Gasteiger partial charge in [-0.15, -0.1) is 24.8 Å². The van der Waals surface area contributed by atoms with Crippen LogP contribution in [0.4, 0.5) is 8.78 Å². The van der Waals surface area contributed by atoms with Gasteiger partial charge in [0.2, 0.25) is 0 Å². The number of piperidine rings is 1. The maximum absolute atomic E-state index is 15.2. The molecule has 1 heterocycles. The van der Waals surface area contributed by atoms with Crippen LogP contribution in [0.25, 0.3) is 0 Å². The molecule has 0 saturated carbocycles. The molecule has 0 aromatic heterocycles. The lowest BCUT2D eigenvalue weighted by Crippen LogP contribution is -2.33. The molecule has 0 spiro atoms. The van der Waals surface area contributed by atoms with E-state index in [2.05, 4.69) is 10.2 Å². The van der Waals surface area contributed by atoms with Crippen molar-refractivity contribution in [2.75, 3.05) is 32.8 Å². The number of hydrogen-bond acceptors (Lipinski definition) is 5. The van der Waals surface area contributed by atoms with Crippen LogP contribution in [-0.2, 0) is 16.1 Å². The van der Waals surface area contributed by atoms with Crippen molar-refractivity contribution >= 4 is 36.6 Å². The SMILES string of the molecule is CCOC(C(=O)NCc1ccc(C(=N)N)cc1)c1c(F)ccc(OCCN2CCCCC2)c1F.Cl.Cl. The second kappa shape index (κ2) is 15.6. The Kier molecular flexibility index (Phi) is 13.7. The fourth-order valence-electron chi connectivity index (χ4n) is 3.91. The number of nitrogens with zero attached hydrogens (tertiary/aromatic N) is 1. The van der Waals surface area contributed by atoms with E-state index in [0.29, 0.717) is 12.1 Å². The van der Waals surface area contributed by atoms with Crippen molar-refractivity contribution in [2.24, 2.45) is 5.73 Å². The maximum atomic E-state index is 15.2. The van der Waals surface area contributed by atoms with Crippen molar-refractivity contribution in [3.8, 4) is 5.75 Å². The zero-order valence-electron chi connectivity index (χ0n) is 20.2. The Labute approximate surface area is 223 Å². The van der Waals surface area contributed by atoms with E-state index in [0.717, 1.165) is 37.6 Å². The van der Waals surface area contributed by atoms with Gasteiger partial charge in [-0.2, -0.15) is 0 Å². The third-order valence-corrected chi connectivity index (χ3v) is 5.77. The Bertz CT molecular complexity index is 990. The number of nitrogen functional groups attached to an aromatic ring is 1.